The molecule has 1 atom stereocenters. The van der Waals surface area contributed by atoms with Gasteiger partial charge in [0.1, 0.15) is 17.1 Å². The van der Waals surface area contributed by atoms with Crippen LogP contribution in [0.1, 0.15) is 46.8 Å². The Morgan fingerprint density at radius 3 is 2.50 bits per heavy atom. The van der Waals surface area contributed by atoms with Crippen molar-refractivity contribution < 1.29 is 19.1 Å². The summed E-state index contributed by atoms with van der Waals surface area (Å²) in [6.45, 7) is 5.94. The number of furan rings is 1. The number of aryl methyl sites for hydroxylation is 3. The highest BCUT2D eigenvalue weighted by molar-refractivity contribution is 6.46. The zero-order chi connectivity index (χ0) is 24.0. The zero-order valence-electron chi connectivity index (χ0n) is 19.3. The molecule has 0 radical (unpaired) electrons. The Morgan fingerprint density at radius 1 is 1.09 bits per heavy atom. The summed E-state index contributed by atoms with van der Waals surface area (Å²) < 4.78 is 7.32. The zero-order valence-corrected chi connectivity index (χ0v) is 19.3. The molecule has 3 aromatic heterocycles. The maximum absolute atomic E-state index is 13.3. The second kappa shape index (κ2) is 8.33. The molecule has 0 bridgehead atoms. The molecular formula is C27H25N3O4. The highest BCUT2D eigenvalue weighted by atomic mass is 16.3. The first kappa shape index (κ1) is 21.7. The van der Waals surface area contributed by atoms with Gasteiger partial charge in [-0.3, -0.25) is 9.59 Å². The number of rotatable bonds is 5. The SMILES string of the molecule is CCc1ccc(C2C(=C(O)c3nc4c(C)cccn4c3C)C(=O)C(=O)N2Cc2ccco2)cc1. The third kappa shape index (κ3) is 3.41. The molecule has 0 spiro atoms. The van der Waals surface area contributed by atoms with Gasteiger partial charge in [0.2, 0.25) is 0 Å². The van der Waals surface area contributed by atoms with Gasteiger partial charge in [0.15, 0.2) is 5.76 Å². The Hall–Kier alpha value is -4.13. The average molecular weight is 456 g/mol. The van der Waals surface area contributed by atoms with Crippen molar-refractivity contribution >= 4 is 23.1 Å². The number of pyridine rings is 1. The molecule has 34 heavy (non-hydrogen) atoms. The van der Waals surface area contributed by atoms with Gasteiger partial charge >= 0.3 is 0 Å². The number of carbonyl (C=O) groups excluding carboxylic acids is 2. The number of carbonyl (C=O) groups is 2. The van der Waals surface area contributed by atoms with Gasteiger partial charge in [-0.15, -0.1) is 0 Å². The van der Waals surface area contributed by atoms with Crippen molar-refractivity contribution in [3.05, 3.63) is 100 Å². The number of aliphatic hydroxyl groups excluding tert-OH is 1. The Balaban J connectivity index is 1.70. The predicted molar refractivity (Wildman–Crippen MR) is 127 cm³/mol. The van der Waals surface area contributed by atoms with Crippen molar-refractivity contribution in [2.75, 3.05) is 0 Å². The van der Waals surface area contributed by atoms with E-state index in [1.165, 1.54) is 11.2 Å². The van der Waals surface area contributed by atoms with E-state index in [1.807, 2.05) is 60.8 Å². The number of aliphatic hydroxyl groups is 1. The van der Waals surface area contributed by atoms with E-state index in [0.717, 1.165) is 23.1 Å². The molecule has 1 amide bonds. The Kier molecular flexibility index (Phi) is 5.32. The maximum Gasteiger partial charge on any atom is 0.296 e. The minimum atomic E-state index is -0.763. The first-order valence-electron chi connectivity index (χ1n) is 11.2. The average Bonchev–Trinajstić information content (AvgIpc) is 3.54. The summed E-state index contributed by atoms with van der Waals surface area (Å²) in [7, 11) is 0. The second-order valence-corrected chi connectivity index (χ2v) is 8.53. The van der Waals surface area contributed by atoms with Crippen LogP contribution in [-0.4, -0.2) is 31.1 Å². The van der Waals surface area contributed by atoms with Crippen LogP contribution >= 0.6 is 0 Å². The summed E-state index contributed by atoms with van der Waals surface area (Å²) in [5.41, 5.74) is 4.52. The van der Waals surface area contributed by atoms with Gasteiger partial charge in [0.25, 0.3) is 11.7 Å². The van der Waals surface area contributed by atoms with Crippen LogP contribution in [0.3, 0.4) is 0 Å². The number of aromatic nitrogens is 2. The molecule has 1 aromatic carbocycles. The van der Waals surface area contributed by atoms with Crippen LogP contribution in [0.2, 0.25) is 0 Å². The number of likely N-dealkylation sites (tertiary alicyclic amines) is 1. The monoisotopic (exact) mass is 455 g/mol. The van der Waals surface area contributed by atoms with E-state index in [2.05, 4.69) is 11.9 Å². The van der Waals surface area contributed by atoms with Gasteiger partial charge in [-0.2, -0.15) is 0 Å². The Bertz CT molecular complexity index is 1430. The van der Waals surface area contributed by atoms with Gasteiger partial charge < -0.3 is 18.8 Å². The van der Waals surface area contributed by atoms with E-state index in [4.69, 9.17) is 4.42 Å². The molecule has 1 aliphatic rings. The van der Waals surface area contributed by atoms with Crippen LogP contribution < -0.4 is 0 Å². The number of hydrogen-bond acceptors (Lipinski definition) is 5. The smallest absolute Gasteiger partial charge is 0.296 e. The van der Waals surface area contributed by atoms with Gasteiger partial charge in [-0.1, -0.05) is 37.3 Å². The molecule has 0 saturated carbocycles. The van der Waals surface area contributed by atoms with Crippen molar-refractivity contribution in [2.24, 2.45) is 0 Å². The van der Waals surface area contributed by atoms with Crippen LogP contribution in [0.25, 0.3) is 11.4 Å². The second-order valence-electron chi connectivity index (χ2n) is 8.53. The van der Waals surface area contributed by atoms with Crippen LogP contribution in [0.5, 0.6) is 0 Å². The molecular weight excluding hydrogens is 430 g/mol. The lowest BCUT2D eigenvalue weighted by molar-refractivity contribution is -0.140. The highest BCUT2D eigenvalue weighted by Gasteiger charge is 2.46. The summed E-state index contributed by atoms with van der Waals surface area (Å²) in [6.07, 6.45) is 4.25. The minimum Gasteiger partial charge on any atom is -0.505 e. The van der Waals surface area contributed by atoms with Gasteiger partial charge in [-0.05, 0) is 55.2 Å². The summed E-state index contributed by atoms with van der Waals surface area (Å²) in [6, 6.07) is 14.3. The molecule has 0 aliphatic carbocycles. The topological polar surface area (TPSA) is 88.0 Å². The van der Waals surface area contributed by atoms with Crippen molar-refractivity contribution in [3.8, 4) is 0 Å². The Labute approximate surface area is 197 Å². The Morgan fingerprint density at radius 2 is 1.85 bits per heavy atom. The lowest BCUT2D eigenvalue weighted by Crippen LogP contribution is -2.29. The number of imidazole rings is 1. The summed E-state index contributed by atoms with van der Waals surface area (Å²) in [5, 5.41) is 11.4. The number of amides is 1. The summed E-state index contributed by atoms with van der Waals surface area (Å²) in [5.74, 6) is -1.14. The highest BCUT2D eigenvalue weighted by Crippen LogP contribution is 2.40. The van der Waals surface area contributed by atoms with E-state index in [1.54, 1.807) is 12.1 Å². The lowest BCUT2D eigenvalue weighted by Gasteiger charge is -2.24. The van der Waals surface area contributed by atoms with E-state index >= 15 is 0 Å². The molecule has 7 heteroatoms. The van der Waals surface area contributed by atoms with Crippen molar-refractivity contribution in [2.45, 2.75) is 39.8 Å². The molecule has 1 unspecified atom stereocenters. The molecule has 4 aromatic rings. The first-order valence-corrected chi connectivity index (χ1v) is 11.2. The molecule has 1 fully saturated rings. The standard InChI is InChI=1S/C27H25N3O4/c1-4-18-9-11-19(12-10-18)23-21(25(32)27(33)30(23)15-20-8-6-14-34-20)24(31)22-17(3)29-13-5-7-16(2)26(29)28-22/h5-14,23,31H,4,15H2,1-3H3. The molecule has 1 N–H and O–H groups in total. The predicted octanol–water partition coefficient (Wildman–Crippen LogP) is 4.73. The fourth-order valence-electron chi connectivity index (χ4n) is 4.57. The number of ketones is 1. The normalized spacial score (nSPS) is 17.7. The van der Waals surface area contributed by atoms with Crippen LogP contribution in [0.4, 0.5) is 0 Å². The third-order valence-corrected chi connectivity index (χ3v) is 6.46. The molecule has 4 heterocycles. The number of Topliss-reactive ketones (excluding diaryl/α,β-unsaturated/α-hetero) is 1. The molecule has 1 aliphatic heterocycles. The lowest BCUT2D eigenvalue weighted by atomic mass is 9.95. The summed E-state index contributed by atoms with van der Waals surface area (Å²) in [4.78, 5) is 32.5. The minimum absolute atomic E-state index is 0.0324. The number of hydrogen-bond donors (Lipinski definition) is 1. The quantitative estimate of drug-likeness (QED) is 0.267. The molecule has 172 valence electrons. The van der Waals surface area contributed by atoms with E-state index in [0.29, 0.717) is 22.8 Å². The number of benzene rings is 1. The van der Waals surface area contributed by atoms with Crippen molar-refractivity contribution in [1.29, 1.82) is 0 Å². The summed E-state index contributed by atoms with van der Waals surface area (Å²) >= 11 is 0. The van der Waals surface area contributed by atoms with Gasteiger partial charge in [0.05, 0.1) is 30.1 Å². The maximum atomic E-state index is 13.3. The van der Waals surface area contributed by atoms with Crippen LogP contribution in [0.15, 0.2) is 71.0 Å². The van der Waals surface area contributed by atoms with Gasteiger partial charge in [0, 0.05) is 6.20 Å². The first-order chi connectivity index (χ1) is 16.4. The molecule has 5 rings (SSSR count). The van der Waals surface area contributed by atoms with Crippen molar-refractivity contribution in [3.63, 3.8) is 0 Å². The largest absolute Gasteiger partial charge is 0.505 e. The van der Waals surface area contributed by atoms with Gasteiger partial charge in [-0.25, -0.2) is 4.98 Å². The van der Waals surface area contributed by atoms with E-state index in [9.17, 15) is 14.7 Å². The number of nitrogens with zero attached hydrogens (tertiary/aromatic N) is 3. The third-order valence-electron chi connectivity index (χ3n) is 6.46. The van der Waals surface area contributed by atoms with Crippen LogP contribution in [-0.2, 0) is 22.6 Å². The van der Waals surface area contributed by atoms with Crippen LogP contribution in [0, 0.1) is 13.8 Å². The van der Waals surface area contributed by atoms with E-state index < -0.39 is 17.7 Å². The van der Waals surface area contributed by atoms with Crippen molar-refractivity contribution in [1.82, 2.24) is 14.3 Å². The molecule has 1 saturated heterocycles. The fraction of sp³-hybridized carbons (Fsp3) is 0.222. The number of fused-ring (bicyclic) bond motifs is 1. The molecule has 7 nitrogen and oxygen atoms in total. The van der Waals surface area contributed by atoms with E-state index in [-0.39, 0.29) is 17.9 Å². The fourth-order valence-corrected chi connectivity index (χ4v) is 4.57.